The van der Waals surface area contributed by atoms with Crippen LogP contribution in [0.5, 0.6) is 0 Å². The summed E-state index contributed by atoms with van der Waals surface area (Å²) in [4.78, 5) is 19.1. The molecular weight excluding hydrogens is 390 g/mol. The molecule has 0 aliphatic carbocycles. The highest BCUT2D eigenvalue weighted by molar-refractivity contribution is 7.71. The largest absolute Gasteiger partial charge is 0.337 e. The number of likely N-dealkylation sites (N-methyl/N-ethyl adjacent to an activating group) is 1. The van der Waals surface area contributed by atoms with E-state index in [9.17, 15) is 4.79 Å². The number of benzene rings is 2. The van der Waals surface area contributed by atoms with E-state index >= 15 is 0 Å². The normalized spacial score (nSPS) is 11.1. The van der Waals surface area contributed by atoms with Gasteiger partial charge in [-0.15, -0.1) is 11.3 Å². The van der Waals surface area contributed by atoms with Gasteiger partial charge in [-0.2, -0.15) is 5.10 Å². The van der Waals surface area contributed by atoms with Gasteiger partial charge in [-0.25, -0.2) is 4.98 Å². The molecule has 2 heterocycles. The topological polar surface area (TPSA) is 66.8 Å². The molecule has 8 heteroatoms. The number of hydrogen-bond donors (Lipinski definition) is 1. The van der Waals surface area contributed by atoms with E-state index in [1.54, 1.807) is 27.9 Å². The van der Waals surface area contributed by atoms with E-state index < -0.39 is 0 Å². The summed E-state index contributed by atoms with van der Waals surface area (Å²) in [6, 6.07) is 16.0. The summed E-state index contributed by atoms with van der Waals surface area (Å²) in [6.07, 6.45) is 0. The number of aromatic amines is 1. The minimum absolute atomic E-state index is 0.0508. The Bertz CT molecular complexity index is 1160. The molecule has 0 fully saturated rings. The van der Waals surface area contributed by atoms with Crippen molar-refractivity contribution in [3.05, 3.63) is 63.9 Å². The molecule has 1 amide bonds. The highest BCUT2D eigenvalue weighted by Crippen LogP contribution is 2.23. The number of rotatable bonds is 5. The number of carbonyl (C=O) groups is 1. The van der Waals surface area contributed by atoms with Crippen LogP contribution in [-0.4, -0.2) is 37.6 Å². The second-order valence-electron chi connectivity index (χ2n) is 6.63. The number of hydrogen-bond acceptors (Lipinski definition) is 5. The molecule has 0 unspecified atom stereocenters. The SMILES string of the molecule is Cc1ccc(-c2n[nH]c(=S)n2CC(=O)N(C)Cc2nc3ccccc3s2)cc1. The van der Waals surface area contributed by atoms with Crippen LogP contribution >= 0.6 is 23.6 Å². The van der Waals surface area contributed by atoms with Crippen LogP contribution < -0.4 is 0 Å². The molecular formula is C20H19N5OS2. The molecule has 0 saturated carbocycles. The molecule has 0 bridgehead atoms. The zero-order valence-corrected chi connectivity index (χ0v) is 17.2. The minimum Gasteiger partial charge on any atom is -0.337 e. The summed E-state index contributed by atoms with van der Waals surface area (Å²) in [7, 11) is 1.78. The number of thiazole rings is 1. The Balaban J connectivity index is 1.52. The second-order valence-corrected chi connectivity index (χ2v) is 8.13. The Morgan fingerprint density at radius 3 is 2.71 bits per heavy atom. The fourth-order valence-corrected chi connectivity index (χ4v) is 4.14. The summed E-state index contributed by atoms with van der Waals surface area (Å²) in [5.74, 6) is 0.608. The molecule has 4 aromatic rings. The third kappa shape index (κ3) is 3.74. The average Bonchev–Trinajstić information content (AvgIpc) is 3.25. The van der Waals surface area contributed by atoms with Crippen molar-refractivity contribution >= 4 is 39.7 Å². The number of aromatic nitrogens is 4. The van der Waals surface area contributed by atoms with Crippen LogP contribution in [0.4, 0.5) is 0 Å². The molecule has 6 nitrogen and oxygen atoms in total. The molecule has 28 heavy (non-hydrogen) atoms. The van der Waals surface area contributed by atoms with Crippen molar-refractivity contribution in [2.45, 2.75) is 20.0 Å². The van der Waals surface area contributed by atoms with Crippen LogP contribution in [0, 0.1) is 11.7 Å². The summed E-state index contributed by atoms with van der Waals surface area (Å²) in [6.45, 7) is 2.62. The van der Waals surface area contributed by atoms with Crippen molar-refractivity contribution in [2.75, 3.05) is 7.05 Å². The smallest absolute Gasteiger partial charge is 0.242 e. The molecule has 4 rings (SSSR count). The maximum atomic E-state index is 12.8. The number of fused-ring (bicyclic) bond motifs is 1. The Hall–Kier alpha value is -2.84. The van der Waals surface area contributed by atoms with E-state index in [0.29, 0.717) is 17.1 Å². The lowest BCUT2D eigenvalue weighted by atomic mass is 10.1. The van der Waals surface area contributed by atoms with Crippen molar-refractivity contribution in [3.63, 3.8) is 0 Å². The monoisotopic (exact) mass is 409 g/mol. The van der Waals surface area contributed by atoms with Gasteiger partial charge >= 0.3 is 0 Å². The lowest BCUT2D eigenvalue weighted by Crippen LogP contribution is -2.30. The van der Waals surface area contributed by atoms with E-state index in [2.05, 4.69) is 15.2 Å². The van der Waals surface area contributed by atoms with Gasteiger partial charge in [0.15, 0.2) is 10.6 Å². The average molecular weight is 410 g/mol. The summed E-state index contributed by atoms with van der Waals surface area (Å²) in [5, 5.41) is 8.01. The molecule has 0 aliphatic rings. The van der Waals surface area contributed by atoms with Gasteiger partial charge in [-0.3, -0.25) is 14.5 Å². The fourth-order valence-electron chi connectivity index (χ4n) is 2.92. The summed E-state index contributed by atoms with van der Waals surface area (Å²) >= 11 is 6.95. The lowest BCUT2D eigenvalue weighted by molar-refractivity contribution is -0.131. The molecule has 1 N–H and O–H groups in total. The van der Waals surface area contributed by atoms with Crippen molar-refractivity contribution in [1.29, 1.82) is 0 Å². The number of carbonyl (C=O) groups excluding carboxylic acids is 1. The number of amides is 1. The number of para-hydroxylation sites is 1. The lowest BCUT2D eigenvalue weighted by Gasteiger charge is -2.16. The standard InChI is InChI=1S/C20H19N5OS2/c1-13-7-9-14(10-8-13)19-22-23-20(27)25(19)12-18(26)24(2)11-17-21-15-5-3-4-6-16(15)28-17/h3-10H,11-12H2,1-2H3,(H,23,27). The van der Waals surface area contributed by atoms with Gasteiger partial charge in [0, 0.05) is 12.6 Å². The van der Waals surface area contributed by atoms with E-state index in [-0.39, 0.29) is 12.5 Å². The van der Waals surface area contributed by atoms with E-state index in [4.69, 9.17) is 12.2 Å². The Kier molecular flexibility index (Phi) is 5.06. The van der Waals surface area contributed by atoms with Gasteiger partial charge in [0.2, 0.25) is 5.91 Å². The predicted octanol–water partition coefficient (Wildman–Crippen LogP) is 4.18. The maximum Gasteiger partial charge on any atom is 0.242 e. The Morgan fingerprint density at radius 1 is 1.21 bits per heavy atom. The van der Waals surface area contributed by atoms with E-state index in [0.717, 1.165) is 26.4 Å². The van der Waals surface area contributed by atoms with Crippen LogP contribution in [0.3, 0.4) is 0 Å². The van der Waals surface area contributed by atoms with E-state index in [1.165, 1.54) is 0 Å². The summed E-state index contributed by atoms with van der Waals surface area (Å²) in [5.41, 5.74) is 3.04. The van der Waals surface area contributed by atoms with Gasteiger partial charge in [0.25, 0.3) is 0 Å². The van der Waals surface area contributed by atoms with Gasteiger partial charge in [-0.05, 0) is 31.3 Å². The number of H-pyrrole nitrogens is 1. The van der Waals surface area contributed by atoms with Crippen LogP contribution in [0.2, 0.25) is 0 Å². The third-order valence-electron chi connectivity index (χ3n) is 4.50. The zero-order valence-electron chi connectivity index (χ0n) is 15.5. The second kappa shape index (κ2) is 7.65. The van der Waals surface area contributed by atoms with Crippen LogP contribution in [-0.2, 0) is 17.9 Å². The first-order chi connectivity index (χ1) is 13.5. The van der Waals surface area contributed by atoms with Crippen molar-refractivity contribution in [3.8, 4) is 11.4 Å². The minimum atomic E-state index is -0.0508. The molecule has 0 radical (unpaired) electrons. The van der Waals surface area contributed by atoms with Crippen LogP contribution in [0.25, 0.3) is 21.6 Å². The van der Waals surface area contributed by atoms with Gasteiger partial charge in [0.1, 0.15) is 11.6 Å². The first-order valence-corrected chi connectivity index (χ1v) is 10.0. The zero-order chi connectivity index (χ0) is 19.7. The van der Waals surface area contributed by atoms with E-state index in [1.807, 2.05) is 55.5 Å². The van der Waals surface area contributed by atoms with Crippen LogP contribution in [0.1, 0.15) is 10.6 Å². The fraction of sp³-hybridized carbons (Fsp3) is 0.200. The van der Waals surface area contributed by atoms with Crippen LogP contribution in [0.15, 0.2) is 48.5 Å². The first-order valence-electron chi connectivity index (χ1n) is 8.82. The highest BCUT2D eigenvalue weighted by Gasteiger charge is 2.16. The Morgan fingerprint density at radius 2 is 1.96 bits per heavy atom. The molecule has 0 spiro atoms. The van der Waals surface area contributed by atoms with Crippen molar-refractivity contribution < 1.29 is 4.79 Å². The maximum absolute atomic E-state index is 12.8. The van der Waals surface area contributed by atoms with Crippen molar-refractivity contribution in [1.82, 2.24) is 24.6 Å². The third-order valence-corrected chi connectivity index (χ3v) is 5.83. The molecule has 2 aromatic carbocycles. The number of nitrogens with one attached hydrogen (secondary N) is 1. The van der Waals surface area contributed by atoms with Crippen molar-refractivity contribution in [2.24, 2.45) is 0 Å². The predicted molar refractivity (Wildman–Crippen MR) is 114 cm³/mol. The Labute approximate surface area is 171 Å². The molecule has 0 aliphatic heterocycles. The number of aryl methyl sites for hydroxylation is 1. The molecule has 2 aromatic heterocycles. The highest BCUT2D eigenvalue weighted by atomic mass is 32.1. The molecule has 142 valence electrons. The van der Waals surface area contributed by atoms with Gasteiger partial charge in [-0.1, -0.05) is 42.0 Å². The quantitative estimate of drug-likeness (QED) is 0.502. The van der Waals surface area contributed by atoms with Gasteiger partial charge in [0.05, 0.1) is 16.8 Å². The first kappa shape index (κ1) is 18.5. The molecule has 0 saturated heterocycles. The molecule has 0 atom stereocenters. The number of nitrogens with zero attached hydrogens (tertiary/aromatic N) is 4. The summed E-state index contributed by atoms with van der Waals surface area (Å²) < 4.78 is 3.28. The van der Waals surface area contributed by atoms with Gasteiger partial charge < -0.3 is 4.90 Å².